The Balaban J connectivity index is 4.18. The molecule has 0 heterocycles. The van der Waals surface area contributed by atoms with Gasteiger partial charge in [0.05, 0.1) is 34.4 Å². The lowest BCUT2D eigenvalue weighted by Gasteiger charge is -2.25. The maximum Gasteiger partial charge on any atom is 0.361 e. The quantitative estimate of drug-likeness (QED) is 0.0211. The first-order chi connectivity index (χ1) is 39.6. The maximum absolute atomic E-state index is 12.9. The fourth-order valence-electron chi connectivity index (χ4n) is 9.53. The van der Waals surface area contributed by atoms with Crippen LogP contribution >= 0.6 is 0 Å². The minimum Gasteiger partial charge on any atom is -0.477 e. The zero-order chi connectivity index (χ0) is 59.1. The average Bonchev–Trinajstić information content (AvgIpc) is 3.44. The van der Waals surface area contributed by atoms with Gasteiger partial charge in [0.2, 0.25) is 0 Å². The van der Waals surface area contributed by atoms with Gasteiger partial charge in [0.1, 0.15) is 13.2 Å². The van der Waals surface area contributed by atoms with Crippen molar-refractivity contribution in [3.05, 3.63) is 85.1 Å². The highest BCUT2D eigenvalue weighted by Gasteiger charge is 2.25. The molecule has 0 aliphatic carbocycles. The molecule has 1 N–H and O–H groups in total. The fourth-order valence-corrected chi connectivity index (χ4v) is 9.53. The number of esters is 2. The third-order valence-corrected chi connectivity index (χ3v) is 14.7. The summed E-state index contributed by atoms with van der Waals surface area (Å²) in [5, 5.41) is 9.74. The lowest BCUT2D eigenvalue weighted by molar-refractivity contribution is -0.870. The number of carbonyl (C=O) groups is 3. The first-order valence-electron chi connectivity index (χ1n) is 33.8. The number of rotatable bonds is 62. The van der Waals surface area contributed by atoms with Gasteiger partial charge in [0, 0.05) is 12.8 Å². The van der Waals surface area contributed by atoms with Crippen molar-refractivity contribution in [1.29, 1.82) is 0 Å². The summed E-state index contributed by atoms with van der Waals surface area (Å²) in [6.07, 6.45) is 81.2. The topological polar surface area (TPSA) is 108 Å². The van der Waals surface area contributed by atoms with Crippen LogP contribution in [0.15, 0.2) is 85.1 Å². The number of aliphatic carboxylic acids is 1. The van der Waals surface area contributed by atoms with Gasteiger partial charge in [0.25, 0.3) is 6.29 Å². The molecule has 0 radical (unpaired) electrons. The van der Waals surface area contributed by atoms with Gasteiger partial charge < -0.3 is 28.5 Å². The van der Waals surface area contributed by atoms with E-state index >= 15 is 0 Å². The Bertz CT molecular complexity index is 1600. The monoisotopic (exact) mass is 1130 g/mol. The fraction of sp³-hybridized carbons (Fsp3) is 0.764. The van der Waals surface area contributed by atoms with Crippen molar-refractivity contribution in [3.8, 4) is 0 Å². The van der Waals surface area contributed by atoms with E-state index in [9.17, 15) is 19.5 Å². The number of hydrogen-bond donors (Lipinski definition) is 1. The van der Waals surface area contributed by atoms with E-state index in [1.165, 1.54) is 167 Å². The molecule has 0 aromatic rings. The molecule has 0 saturated carbocycles. The van der Waals surface area contributed by atoms with Crippen molar-refractivity contribution in [2.75, 3.05) is 47.5 Å². The molecule has 9 heteroatoms. The summed E-state index contributed by atoms with van der Waals surface area (Å²) >= 11 is 0. The van der Waals surface area contributed by atoms with Crippen LogP contribution in [-0.2, 0) is 33.3 Å². The van der Waals surface area contributed by atoms with E-state index in [0.29, 0.717) is 23.9 Å². The van der Waals surface area contributed by atoms with Gasteiger partial charge in [-0.25, -0.2) is 4.79 Å². The van der Waals surface area contributed by atoms with Crippen molar-refractivity contribution >= 4 is 17.9 Å². The van der Waals surface area contributed by atoms with Crippen molar-refractivity contribution in [2.45, 2.75) is 309 Å². The molecule has 0 aliphatic heterocycles. The molecular formula is C72H128NO8+. The van der Waals surface area contributed by atoms with Gasteiger partial charge in [0.15, 0.2) is 6.10 Å². The number of carbonyl (C=O) groups excluding carboxylic acids is 2. The highest BCUT2D eigenvalue weighted by Crippen LogP contribution is 2.18. The van der Waals surface area contributed by atoms with E-state index in [2.05, 4.69) is 98.9 Å². The van der Waals surface area contributed by atoms with Crippen LogP contribution in [0.25, 0.3) is 0 Å². The average molecular weight is 1140 g/mol. The van der Waals surface area contributed by atoms with Crippen LogP contribution in [0.5, 0.6) is 0 Å². The third kappa shape index (κ3) is 63.9. The second-order valence-corrected chi connectivity index (χ2v) is 23.8. The van der Waals surface area contributed by atoms with Crippen molar-refractivity contribution in [3.63, 3.8) is 0 Å². The molecule has 0 saturated heterocycles. The highest BCUT2D eigenvalue weighted by atomic mass is 16.7. The molecule has 0 fully saturated rings. The second-order valence-electron chi connectivity index (χ2n) is 23.8. The first kappa shape index (κ1) is 77.5. The summed E-state index contributed by atoms with van der Waals surface area (Å²) in [6, 6.07) is 0. The van der Waals surface area contributed by atoms with Gasteiger partial charge in [-0.2, -0.15) is 0 Å². The molecule has 468 valence electrons. The Kier molecular flexibility index (Phi) is 59.8. The molecule has 2 atom stereocenters. The summed E-state index contributed by atoms with van der Waals surface area (Å²) in [6.45, 7) is 4.77. The molecule has 9 nitrogen and oxygen atoms in total. The first-order valence-corrected chi connectivity index (χ1v) is 33.8. The van der Waals surface area contributed by atoms with Gasteiger partial charge in [-0.1, -0.05) is 298 Å². The Morgan fingerprint density at radius 2 is 0.704 bits per heavy atom. The Labute approximate surface area is 500 Å². The molecule has 0 spiro atoms. The second kappa shape index (κ2) is 62.5. The lowest BCUT2D eigenvalue weighted by atomic mass is 10.0. The van der Waals surface area contributed by atoms with Gasteiger partial charge in [-0.15, -0.1) is 0 Å². The SMILES string of the molecule is CC/C=C\C/C=C\C/C=C\C/C=C\C/C=C\C/C=C\C/C=C\CCCCCCCC(=O)OC(COC(=O)CCCCCCCCCCCCCCCCCCCCCCCCCCCCCCC)COC(OCC[N+](C)(C)C)C(=O)O. The van der Waals surface area contributed by atoms with Crippen LogP contribution in [0.2, 0.25) is 0 Å². The number of hydrogen-bond acceptors (Lipinski definition) is 7. The molecule has 81 heavy (non-hydrogen) atoms. The van der Waals surface area contributed by atoms with E-state index in [4.69, 9.17) is 18.9 Å². The summed E-state index contributed by atoms with van der Waals surface area (Å²) in [5.41, 5.74) is 0. The van der Waals surface area contributed by atoms with Crippen LogP contribution in [0.3, 0.4) is 0 Å². The number of likely N-dealkylation sites (N-methyl/N-ethyl adjacent to an activating group) is 1. The number of carboxylic acids is 1. The predicted molar refractivity (Wildman–Crippen MR) is 346 cm³/mol. The maximum atomic E-state index is 12.9. The highest BCUT2D eigenvalue weighted by molar-refractivity contribution is 5.71. The molecule has 0 aromatic carbocycles. The van der Waals surface area contributed by atoms with E-state index < -0.39 is 24.3 Å². The Hall–Kier alpha value is -3.53. The summed E-state index contributed by atoms with van der Waals surface area (Å²) in [5.74, 6) is -2.02. The van der Waals surface area contributed by atoms with Gasteiger partial charge >= 0.3 is 17.9 Å². The zero-order valence-electron chi connectivity index (χ0n) is 53.4. The summed E-state index contributed by atoms with van der Waals surface area (Å²) < 4.78 is 22.9. The normalized spacial score (nSPS) is 13.2. The number of allylic oxidation sites excluding steroid dienone is 14. The lowest BCUT2D eigenvalue weighted by Crippen LogP contribution is -2.40. The minimum absolute atomic E-state index is 0.181. The molecule has 0 amide bonds. The molecular weight excluding hydrogens is 1010 g/mol. The number of ether oxygens (including phenoxy) is 4. The number of carboxylic acid groups (broad SMARTS) is 1. The van der Waals surface area contributed by atoms with Crippen LogP contribution < -0.4 is 0 Å². The standard InChI is InChI=1S/C72H127NO8/c1-6-8-10-12-14-16-18-20-22-24-26-28-30-32-34-35-37-38-40-42-44-46-48-50-52-54-56-58-60-62-69(74)79-66-68(67-80-72(71(76)77)78-65-64-73(3,4)5)81-70(75)63-61-59-57-55-53-51-49-47-45-43-41-39-36-33-31-29-27-25-23-21-19-17-15-13-11-9-7-2/h9,11,15,17,21,23,27,29,33,36,41,43,47,49,68,72H,6-8,10,12-14,16,18-20,22,24-26,28,30-32,34-35,37-40,42,44-46,48,50-67H2,1-5H3/p+1/b11-9-,17-15-,23-21-,29-27-,36-33-,43-41-,49-47-. The third-order valence-electron chi connectivity index (χ3n) is 14.7. The zero-order valence-corrected chi connectivity index (χ0v) is 53.4. The molecule has 0 rings (SSSR count). The van der Waals surface area contributed by atoms with Crippen molar-refractivity contribution in [2.24, 2.45) is 0 Å². The van der Waals surface area contributed by atoms with Gasteiger partial charge in [-0.05, 0) is 70.6 Å². The largest absolute Gasteiger partial charge is 0.477 e. The van der Waals surface area contributed by atoms with E-state index in [1.54, 1.807) is 0 Å². The Morgan fingerprint density at radius 1 is 0.383 bits per heavy atom. The van der Waals surface area contributed by atoms with Crippen molar-refractivity contribution in [1.82, 2.24) is 0 Å². The van der Waals surface area contributed by atoms with E-state index in [-0.39, 0.29) is 32.2 Å². The van der Waals surface area contributed by atoms with Crippen LogP contribution in [0.4, 0.5) is 0 Å². The van der Waals surface area contributed by atoms with Gasteiger partial charge in [-0.3, -0.25) is 9.59 Å². The minimum atomic E-state index is -1.52. The predicted octanol–water partition coefficient (Wildman–Crippen LogP) is 20.7. The number of unbranched alkanes of at least 4 members (excludes halogenated alkanes) is 33. The summed E-state index contributed by atoms with van der Waals surface area (Å²) in [4.78, 5) is 37.6. The van der Waals surface area contributed by atoms with Crippen LogP contribution in [0.1, 0.15) is 296 Å². The number of nitrogens with zero attached hydrogens (tertiary/aromatic N) is 1. The van der Waals surface area contributed by atoms with E-state index in [1.807, 2.05) is 21.1 Å². The smallest absolute Gasteiger partial charge is 0.361 e. The van der Waals surface area contributed by atoms with Crippen LogP contribution in [0, 0.1) is 0 Å². The number of quaternary nitrogens is 1. The molecule has 0 aromatic heterocycles. The summed E-state index contributed by atoms with van der Waals surface area (Å²) in [7, 11) is 5.97. The molecule has 2 unspecified atom stereocenters. The van der Waals surface area contributed by atoms with Crippen molar-refractivity contribution < 1.29 is 42.9 Å². The molecule has 0 aliphatic rings. The van der Waals surface area contributed by atoms with E-state index in [0.717, 1.165) is 96.3 Å². The molecule has 0 bridgehead atoms. The van der Waals surface area contributed by atoms with Crippen LogP contribution in [-0.4, -0.2) is 87.4 Å². The Morgan fingerprint density at radius 3 is 1.05 bits per heavy atom.